The average molecular weight is 207 g/mol. The van der Waals surface area contributed by atoms with E-state index in [1.165, 1.54) is 0 Å². The second-order valence-electron chi connectivity index (χ2n) is 3.35. The Balaban J connectivity index is 2.66. The zero-order valence-corrected chi connectivity index (χ0v) is 8.25. The topological polar surface area (TPSA) is 74.7 Å². The molecule has 1 heterocycles. The SMILES string of the molecule is CN1CCS(=O)(=O)C[C@@H]1CC(=O)O. The van der Waals surface area contributed by atoms with Crippen molar-refractivity contribution in [2.75, 3.05) is 25.1 Å². The van der Waals surface area contributed by atoms with Gasteiger partial charge in [-0.1, -0.05) is 0 Å². The summed E-state index contributed by atoms with van der Waals surface area (Å²) in [5, 5.41) is 8.53. The number of hydrogen-bond acceptors (Lipinski definition) is 4. The van der Waals surface area contributed by atoms with Gasteiger partial charge in [0.15, 0.2) is 9.84 Å². The summed E-state index contributed by atoms with van der Waals surface area (Å²) in [5.41, 5.74) is 0. The molecule has 1 fully saturated rings. The minimum Gasteiger partial charge on any atom is -0.481 e. The molecule has 0 radical (unpaired) electrons. The van der Waals surface area contributed by atoms with Crippen LogP contribution < -0.4 is 0 Å². The fourth-order valence-corrected chi connectivity index (χ4v) is 3.08. The lowest BCUT2D eigenvalue weighted by molar-refractivity contribution is -0.138. The molecule has 0 aromatic rings. The summed E-state index contributed by atoms with van der Waals surface area (Å²) in [7, 11) is -1.26. The van der Waals surface area contributed by atoms with Gasteiger partial charge in [-0.15, -0.1) is 0 Å². The van der Waals surface area contributed by atoms with Crippen LogP contribution in [0.2, 0.25) is 0 Å². The standard InChI is InChI=1S/C7H13NO4S/c1-8-2-3-13(11,12)5-6(8)4-7(9)10/h6H,2-5H2,1H3,(H,9,10)/t6-/m0/s1. The number of rotatable bonds is 2. The molecule has 13 heavy (non-hydrogen) atoms. The Kier molecular flexibility index (Phi) is 2.92. The van der Waals surface area contributed by atoms with E-state index in [1.54, 1.807) is 11.9 Å². The normalized spacial score (nSPS) is 28.5. The number of carboxylic acid groups (broad SMARTS) is 1. The maximum absolute atomic E-state index is 11.2. The fraction of sp³-hybridized carbons (Fsp3) is 0.857. The Morgan fingerprint density at radius 1 is 1.62 bits per heavy atom. The number of carbonyl (C=O) groups is 1. The van der Waals surface area contributed by atoms with Crippen molar-refractivity contribution in [1.82, 2.24) is 4.90 Å². The fourth-order valence-electron chi connectivity index (χ4n) is 1.39. The highest BCUT2D eigenvalue weighted by Crippen LogP contribution is 2.12. The van der Waals surface area contributed by atoms with Crippen molar-refractivity contribution in [3.63, 3.8) is 0 Å². The van der Waals surface area contributed by atoms with Crippen LogP contribution in [-0.2, 0) is 14.6 Å². The second-order valence-corrected chi connectivity index (χ2v) is 5.58. The minimum atomic E-state index is -3.02. The summed E-state index contributed by atoms with van der Waals surface area (Å²) in [6.45, 7) is 0.431. The third kappa shape index (κ3) is 2.96. The number of hydrogen-bond donors (Lipinski definition) is 1. The monoisotopic (exact) mass is 207 g/mol. The van der Waals surface area contributed by atoms with Gasteiger partial charge in [0, 0.05) is 12.6 Å². The van der Waals surface area contributed by atoms with Crippen molar-refractivity contribution < 1.29 is 18.3 Å². The van der Waals surface area contributed by atoms with Crippen LogP contribution in [-0.4, -0.2) is 55.5 Å². The summed E-state index contributed by atoms with van der Waals surface area (Å²) < 4.78 is 22.3. The number of carboxylic acids is 1. The van der Waals surface area contributed by atoms with E-state index in [1.807, 2.05) is 0 Å². The lowest BCUT2D eigenvalue weighted by Crippen LogP contribution is -2.47. The van der Waals surface area contributed by atoms with Gasteiger partial charge in [-0.05, 0) is 7.05 Å². The maximum Gasteiger partial charge on any atom is 0.304 e. The third-order valence-electron chi connectivity index (χ3n) is 2.23. The maximum atomic E-state index is 11.2. The van der Waals surface area contributed by atoms with Crippen LogP contribution in [0.5, 0.6) is 0 Å². The highest BCUT2D eigenvalue weighted by Gasteiger charge is 2.30. The van der Waals surface area contributed by atoms with Gasteiger partial charge < -0.3 is 10.0 Å². The molecule has 0 unspecified atom stereocenters. The van der Waals surface area contributed by atoms with Gasteiger partial charge in [-0.2, -0.15) is 0 Å². The molecule has 0 aromatic heterocycles. The molecule has 1 saturated heterocycles. The van der Waals surface area contributed by atoms with E-state index in [4.69, 9.17) is 5.11 Å². The summed E-state index contributed by atoms with van der Waals surface area (Å²) in [6.07, 6.45) is -0.101. The van der Waals surface area contributed by atoms with E-state index >= 15 is 0 Å². The van der Waals surface area contributed by atoms with Gasteiger partial charge in [0.25, 0.3) is 0 Å². The first-order valence-corrected chi connectivity index (χ1v) is 5.85. The van der Waals surface area contributed by atoms with Crippen LogP contribution in [0.1, 0.15) is 6.42 Å². The first kappa shape index (κ1) is 10.5. The van der Waals surface area contributed by atoms with Crippen LogP contribution in [0.25, 0.3) is 0 Å². The van der Waals surface area contributed by atoms with Crippen LogP contribution in [0, 0.1) is 0 Å². The third-order valence-corrected chi connectivity index (χ3v) is 3.93. The molecule has 1 atom stereocenters. The molecule has 76 valence electrons. The van der Waals surface area contributed by atoms with Crippen LogP contribution >= 0.6 is 0 Å². The largest absolute Gasteiger partial charge is 0.481 e. The molecule has 1 rings (SSSR count). The summed E-state index contributed by atoms with van der Waals surface area (Å²) >= 11 is 0. The Hall–Kier alpha value is -0.620. The first-order chi connectivity index (χ1) is 5.91. The molecule has 1 N–H and O–H groups in total. The quantitative estimate of drug-likeness (QED) is 0.641. The average Bonchev–Trinajstić information content (AvgIpc) is 1.95. The molecule has 0 spiro atoms. The molecule has 0 amide bonds. The van der Waals surface area contributed by atoms with Gasteiger partial charge in [-0.3, -0.25) is 4.79 Å². The molecule has 0 bridgehead atoms. The molecule has 0 saturated carbocycles. The molecule has 1 aliphatic heterocycles. The predicted molar refractivity (Wildman–Crippen MR) is 47.3 cm³/mol. The lowest BCUT2D eigenvalue weighted by atomic mass is 10.2. The van der Waals surface area contributed by atoms with Gasteiger partial charge >= 0.3 is 5.97 Å². The molecule has 0 aromatic carbocycles. The Bertz CT molecular complexity index is 298. The zero-order valence-electron chi connectivity index (χ0n) is 7.43. The Morgan fingerprint density at radius 2 is 2.23 bits per heavy atom. The van der Waals surface area contributed by atoms with E-state index in [-0.39, 0.29) is 24.0 Å². The van der Waals surface area contributed by atoms with Gasteiger partial charge in [0.1, 0.15) is 0 Å². The highest BCUT2D eigenvalue weighted by molar-refractivity contribution is 7.91. The van der Waals surface area contributed by atoms with Gasteiger partial charge in [0.2, 0.25) is 0 Å². The zero-order chi connectivity index (χ0) is 10.1. The van der Waals surface area contributed by atoms with Crippen molar-refractivity contribution in [2.24, 2.45) is 0 Å². The predicted octanol–water partition coefficient (Wildman–Crippen LogP) is -0.810. The molecule has 1 aliphatic rings. The van der Waals surface area contributed by atoms with E-state index < -0.39 is 15.8 Å². The van der Waals surface area contributed by atoms with E-state index in [0.29, 0.717) is 6.54 Å². The number of aliphatic carboxylic acids is 1. The smallest absolute Gasteiger partial charge is 0.304 e. The van der Waals surface area contributed by atoms with Crippen LogP contribution in [0.3, 0.4) is 0 Å². The van der Waals surface area contributed by atoms with Crippen molar-refractivity contribution in [2.45, 2.75) is 12.5 Å². The highest BCUT2D eigenvalue weighted by atomic mass is 32.2. The second kappa shape index (κ2) is 3.63. The van der Waals surface area contributed by atoms with Crippen molar-refractivity contribution in [3.8, 4) is 0 Å². The first-order valence-electron chi connectivity index (χ1n) is 4.03. The lowest BCUT2D eigenvalue weighted by Gasteiger charge is -2.30. The summed E-state index contributed by atoms with van der Waals surface area (Å²) in [6, 6.07) is -0.365. The van der Waals surface area contributed by atoms with Crippen molar-refractivity contribution in [1.29, 1.82) is 0 Å². The van der Waals surface area contributed by atoms with Gasteiger partial charge in [-0.25, -0.2) is 8.42 Å². The van der Waals surface area contributed by atoms with Crippen molar-refractivity contribution >= 4 is 15.8 Å². The molecule has 0 aliphatic carbocycles. The number of sulfone groups is 1. The van der Waals surface area contributed by atoms with Crippen molar-refractivity contribution in [3.05, 3.63) is 0 Å². The summed E-state index contributed by atoms with van der Waals surface area (Å²) in [5.74, 6) is -0.843. The van der Waals surface area contributed by atoms with Crippen LogP contribution in [0.15, 0.2) is 0 Å². The van der Waals surface area contributed by atoms with Gasteiger partial charge in [0.05, 0.1) is 17.9 Å². The molecule has 6 heteroatoms. The van der Waals surface area contributed by atoms with E-state index in [2.05, 4.69) is 0 Å². The van der Waals surface area contributed by atoms with Crippen LogP contribution in [0.4, 0.5) is 0 Å². The van der Waals surface area contributed by atoms with E-state index in [0.717, 1.165) is 0 Å². The minimum absolute atomic E-state index is 0.0319. The van der Waals surface area contributed by atoms with E-state index in [9.17, 15) is 13.2 Å². The molecular formula is C7H13NO4S. The Morgan fingerprint density at radius 3 is 2.77 bits per heavy atom. The number of nitrogens with zero attached hydrogens (tertiary/aromatic N) is 1. The molecule has 5 nitrogen and oxygen atoms in total. The summed E-state index contributed by atoms with van der Waals surface area (Å²) in [4.78, 5) is 12.2. The molecular weight excluding hydrogens is 194 g/mol. The Labute approximate surface area is 77.3 Å².